The first-order chi connectivity index (χ1) is 5.40. The molecule has 0 bridgehead atoms. The van der Waals surface area contributed by atoms with Gasteiger partial charge in [-0.1, -0.05) is 20.8 Å². The number of urea groups is 1. The zero-order valence-corrected chi connectivity index (χ0v) is 8.42. The lowest BCUT2D eigenvalue weighted by Crippen LogP contribution is -2.35. The van der Waals surface area contributed by atoms with Gasteiger partial charge in [-0.3, -0.25) is 0 Å². The van der Waals surface area contributed by atoms with E-state index in [0.717, 1.165) is 19.6 Å². The van der Waals surface area contributed by atoms with Gasteiger partial charge in [-0.15, -0.1) is 0 Å². The fraction of sp³-hybridized carbons (Fsp3) is 0.889. The van der Waals surface area contributed by atoms with E-state index in [4.69, 9.17) is 0 Å². The van der Waals surface area contributed by atoms with Crippen molar-refractivity contribution in [2.45, 2.75) is 20.8 Å². The number of nitrogens with zero attached hydrogens (tertiary/aromatic N) is 2. The summed E-state index contributed by atoms with van der Waals surface area (Å²) in [5, 5.41) is 0. The molecule has 0 aliphatic carbocycles. The normalized spacial score (nSPS) is 19.2. The molecule has 0 spiro atoms. The van der Waals surface area contributed by atoms with Crippen molar-refractivity contribution in [3.63, 3.8) is 0 Å². The lowest BCUT2D eigenvalue weighted by atomic mass is 9.96. The van der Waals surface area contributed by atoms with Crippen LogP contribution in [-0.4, -0.2) is 42.5 Å². The van der Waals surface area contributed by atoms with Crippen LogP contribution in [0, 0.1) is 5.41 Å². The van der Waals surface area contributed by atoms with Crippen LogP contribution in [0.15, 0.2) is 0 Å². The topological polar surface area (TPSA) is 23.6 Å². The van der Waals surface area contributed by atoms with Crippen molar-refractivity contribution in [2.75, 3.05) is 26.7 Å². The van der Waals surface area contributed by atoms with Crippen LogP contribution in [0.2, 0.25) is 0 Å². The molecule has 1 saturated heterocycles. The van der Waals surface area contributed by atoms with Gasteiger partial charge in [-0.05, 0) is 5.41 Å². The molecule has 2 amide bonds. The van der Waals surface area contributed by atoms with Gasteiger partial charge in [0.15, 0.2) is 0 Å². The fourth-order valence-electron chi connectivity index (χ4n) is 1.42. The van der Waals surface area contributed by atoms with E-state index in [1.165, 1.54) is 0 Å². The Morgan fingerprint density at radius 1 is 1.33 bits per heavy atom. The number of rotatable bonds is 1. The summed E-state index contributed by atoms with van der Waals surface area (Å²) in [5.41, 5.74) is 0.209. The summed E-state index contributed by atoms with van der Waals surface area (Å²) in [5.74, 6) is 0. The van der Waals surface area contributed by atoms with E-state index in [9.17, 15) is 4.79 Å². The molecule has 3 nitrogen and oxygen atoms in total. The quantitative estimate of drug-likeness (QED) is 0.583. The highest BCUT2D eigenvalue weighted by Crippen LogP contribution is 2.18. The minimum absolute atomic E-state index is 0.171. The van der Waals surface area contributed by atoms with Crippen LogP contribution in [0.3, 0.4) is 0 Å². The highest BCUT2D eigenvalue weighted by atomic mass is 16.2. The van der Waals surface area contributed by atoms with E-state index in [0.29, 0.717) is 0 Å². The molecule has 1 rings (SSSR count). The zero-order valence-electron chi connectivity index (χ0n) is 8.42. The van der Waals surface area contributed by atoms with Crippen LogP contribution >= 0.6 is 0 Å². The van der Waals surface area contributed by atoms with E-state index >= 15 is 0 Å². The van der Waals surface area contributed by atoms with Gasteiger partial charge in [-0.2, -0.15) is 0 Å². The van der Waals surface area contributed by atoms with E-state index in [1.807, 2.05) is 11.9 Å². The van der Waals surface area contributed by atoms with Crippen LogP contribution in [0.25, 0.3) is 0 Å². The molecule has 0 aromatic rings. The molecular weight excluding hydrogens is 152 g/mol. The van der Waals surface area contributed by atoms with Gasteiger partial charge in [-0.25, -0.2) is 4.79 Å². The van der Waals surface area contributed by atoms with Crippen molar-refractivity contribution < 1.29 is 4.79 Å². The molecule has 1 fully saturated rings. The van der Waals surface area contributed by atoms with Crippen molar-refractivity contribution in [1.29, 1.82) is 0 Å². The Labute approximate surface area is 74.3 Å². The average molecular weight is 170 g/mol. The molecule has 0 atom stereocenters. The van der Waals surface area contributed by atoms with Gasteiger partial charge in [0.25, 0.3) is 0 Å². The number of amides is 2. The van der Waals surface area contributed by atoms with Crippen LogP contribution in [0.5, 0.6) is 0 Å². The molecule has 1 aliphatic heterocycles. The Balaban J connectivity index is 2.50. The molecule has 0 unspecified atom stereocenters. The Bertz CT molecular complexity index is 183. The predicted octanol–water partition coefficient (Wildman–Crippen LogP) is 1.40. The maximum absolute atomic E-state index is 11.4. The third-order valence-corrected chi connectivity index (χ3v) is 1.97. The summed E-state index contributed by atoms with van der Waals surface area (Å²) in [6.07, 6.45) is 0. The molecule has 0 radical (unpaired) electrons. The largest absolute Gasteiger partial charge is 0.326 e. The molecular formula is C9H18N2O. The lowest BCUT2D eigenvalue weighted by molar-refractivity contribution is 0.181. The van der Waals surface area contributed by atoms with Gasteiger partial charge < -0.3 is 9.80 Å². The van der Waals surface area contributed by atoms with Crippen LogP contribution in [0.4, 0.5) is 4.79 Å². The fourth-order valence-corrected chi connectivity index (χ4v) is 1.42. The SMILES string of the molecule is CN1CCN(CC(C)(C)C)C1=O. The molecule has 0 N–H and O–H groups in total. The maximum Gasteiger partial charge on any atom is 0.319 e. The van der Waals surface area contributed by atoms with Crippen LogP contribution < -0.4 is 0 Å². The molecule has 3 heteroatoms. The molecule has 0 aromatic carbocycles. The summed E-state index contributed by atoms with van der Waals surface area (Å²) in [6.45, 7) is 9.06. The maximum atomic E-state index is 11.4. The van der Waals surface area contributed by atoms with Crippen molar-refractivity contribution in [2.24, 2.45) is 5.41 Å². The van der Waals surface area contributed by atoms with Gasteiger partial charge in [0, 0.05) is 26.7 Å². The second kappa shape index (κ2) is 2.96. The number of carbonyl (C=O) groups is 1. The molecule has 70 valence electrons. The highest BCUT2D eigenvalue weighted by Gasteiger charge is 2.28. The van der Waals surface area contributed by atoms with E-state index in [-0.39, 0.29) is 11.4 Å². The molecule has 0 aromatic heterocycles. The standard InChI is InChI=1S/C9H18N2O/c1-9(2,3)7-11-6-5-10(4)8(11)12/h5-7H2,1-4H3. The Morgan fingerprint density at radius 2 is 1.92 bits per heavy atom. The van der Waals surface area contributed by atoms with Gasteiger partial charge in [0.2, 0.25) is 0 Å². The minimum Gasteiger partial charge on any atom is -0.326 e. The molecule has 0 saturated carbocycles. The second-order valence-corrected chi connectivity index (χ2v) is 4.69. The third kappa shape index (κ3) is 2.13. The summed E-state index contributed by atoms with van der Waals surface area (Å²) < 4.78 is 0. The van der Waals surface area contributed by atoms with Crippen molar-refractivity contribution >= 4 is 6.03 Å². The number of hydrogen-bond acceptors (Lipinski definition) is 1. The summed E-state index contributed by atoms with van der Waals surface area (Å²) >= 11 is 0. The van der Waals surface area contributed by atoms with Gasteiger partial charge in [0.05, 0.1) is 0 Å². The van der Waals surface area contributed by atoms with Crippen molar-refractivity contribution in [3.05, 3.63) is 0 Å². The number of likely N-dealkylation sites (N-methyl/N-ethyl adjacent to an activating group) is 1. The third-order valence-electron chi connectivity index (χ3n) is 1.97. The Hall–Kier alpha value is -0.730. The van der Waals surface area contributed by atoms with Crippen LogP contribution in [0.1, 0.15) is 20.8 Å². The van der Waals surface area contributed by atoms with Crippen molar-refractivity contribution in [1.82, 2.24) is 9.80 Å². The Kier molecular flexibility index (Phi) is 2.31. The average Bonchev–Trinajstić information content (AvgIpc) is 2.16. The monoisotopic (exact) mass is 170 g/mol. The molecule has 1 aliphatic rings. The zero-order chi connectivity index (χ0) is 9.35. The lowest BCUT2D eigenvalue weighted by Gasteiger charge is -2.25. The highest BCUT2D eigenvalue weighted by molar-refractivity contribution is 5.76. The van der Waals surface area contributed by atoms with Gasteiger partial charge >= 0.3 is 6.03 Å². The molecule has 1 heterocycles. The number of hydrogen-bond donors (Lipinski definition) is 0. The van der Waals surface area contributed by atoms with Crippen molar-refractivity contribution in [3.8, 4) is 0 Å². The first-order valence-electron chi connectivity index (χ1n) is 4.40. The smallest absolute Gasteiger partial charge is 0.319 e. The number of carbonyl (C=O) groups excluding carboxylic acids is 1. The van der Waals surface area contributed by atoms with Crippen LogP contribution in [-0.2, 0) is 0 Å². The van der Waals surface area contributed by atoms with E-state index in [2.05, 4.69) is 20.8 Å². The minimum atomic E-state index is 0.171. The molecule has 12 heavy (non-hydrogen) atoms. The van der Waals surface area contributed by atoms with Gasteiger partial charge in [0.1, 0.15) is 0 Å². The Morgan fingerprint density at radius 3 is 2.25 bits per heavy atom. The predicted molar refractivity (Wildman–Crippen MR) is 49.1 cm³/mol. The summed E-state index contributed by atoms with van der Waals surface area (Å²) in [7, 11) is 1.85. The summed E-state index contributed by atoms with van der Waals surface area (Å²) in [4.78, 5) is 15.1. The first-order valence-corrected chi connectivity index (χ1v) is 4.40. The van der Waals surface area contributed by atoms with E-state index < -0.39 is 0 Å². The summed E-state index contributed by atoms with van der Waals surface area (Å²) in [6, 6.07) is 0.171. The first kappa shape index (κ1) is 9.36. The van der Waals surface area contributed by atoms with E-state index in [1.54, 1.807) is 4.90 Å². The second-order valence-electron chi connectivity index (χ2n) is 4.69.